The molecular formula is C17H24N2O5. The maximum atomic E-state index is 12.2. The molecule has 1 rings (SSSR count). The Labute approximate surface area is 141 Å². The van der Waals surface area contributed by atoms with Crippen molar-refractivity contribution in [2.24, 2.45) is 0 Å². The van der Waals surface area contributed by atoms with Gasteiger partial charge in [-0.25, -0.2) is 4.79 Å². The largest absolute Gasteiger partial charge is 0.454 e. The third-order valence-electron chi connectivity index (χ3n) is 3.25. The van der Waals surface area contributed by atoms with Crippen LogP contribution in [0.15, 0.2) is 24.3 Å². The van der Waals surface area contributed by atoms with Gasteiger partial charge in [-0.15, -0.1) is 0 Å². The summed E-state index contributed by atoms with van der Waals surface area (Å²) < 4.78 is 9.64. The second-order valence-corrected chi connectivity index (χ2v) is 4.90. The fourth-order valence-electron chi connectivity index (χ4n) is 1.96. The van der Waals surface area contributed by atoms with Crippen LogP contribution in [-0.4, -0.2) is 55.6 Å². The topological polar surface area (TPSA) is 84.9 Å². The van der Waals surface area contributed by atoms with Crippen LogP contribution in [0.25, 0.3) is 0 Å². The van der Waals surface area contributed by atoms with Crippen LogP contribution >= 0.6 is 0 Å². The first-order chi connectivity index (χ1) is 11.5. The molecule has 0 aliphatic carbocycles. The van der Waals surface area contributed by atoms with Crippen LogP contribution < -0.4 is 5.32 Å². The van der Waals surface area contributed by atoms with Crippen molar-refractivity contribution in [2.75, 3.05) is 38.2 Å². The van der Waals surface area contributed by atoms with Crippen molar-refractivity contribution in [3.8, 4) is 0 Å². The van der Waals surface area contributed by atoms with E-state index in [2.05, 4.69) is 5.32 Å². The maximum Gasteiger partial charge on any atom is 0.332 e. The number of benzene rings is 1. The molecule has 7 heteroatoms. The highest BCUT2D eigenvalue weighted by Gasteiger charge is 2.12. The Morgan fingerprint density at radius 3 is 2.17 bits per heavy atom. The summed E-state index contributed by atoms with van der Waals surface area (Å²) in [6.07, 6.45) is 0. The second-order valence-electron chi connectivity index (χ2n) is 4.90. The zero-order valence-electron chi connectivity index (χ0n) is 14.3. The standard InChI is InChI=1S/C17H24N2O5/c1-4-19(5-2)17(22)13-7-9-14(10-8-13)18-15(20)11-24-16(21)12-23-6-3/h7-10H,4-6,11-12H2,1-3H3,(H,18,20). The molecule has 0 aliphatic heterocycles. The van der Waals surface area contributed by atoms with E-state index >= 15 is 0 Å². The summed E-state index contributed by atoms with van der Waals surface area (Å²) in [5, 5.41) is 2.59. The van der Waals surface area contributed by atoms with Gasteiger partial charge in [-0.1, -0.05) is 0 Å². The minimum absolute atomic E-state index is 0.0530. The Morgan fingerprint density at radius 1 is 1.00 bits per heavy atom. The van der Waals surface area contributed by atoms with Gasteiger partial charge < -0.3 is 19.7 Å². The number of hydrogen-bond donors (Lipinski definition) is 1. The first kappa shape index (κ1) is 19.6. The molecule has 0 aromatic heterocycles. The summed E-state index contributed by atoms with van der Waals surface area (Å²) in [6.45, 7) is 6.72. The zero-order valence-corrected chi connectivity index (χ0v) is 14.3. The van der Waals surface area contributed by atoms with Crippen molar-refractivity contribution in [3.63, 3.8) is 0 Å². The SMILES string of the molecule is CCOCC(=O)OCC(=O)Nc1ccc(C(=O)N(CC)CC)cc1. The van der Waals surface area contributed by atoms with Crippen LogP contribution in [0.1, 0.15) is 31.1 Å². The molecule has 1 aromatic rings. The Bertz CT molecular complexity index is 553. The van der Waals surface area contributed by atoms with Gasteiger partial charge in [0.1, 0.15) is 6.61 Å². The summed E-state index contributed by atoms with van der Waals surface area (Å²) in [4.78, 5) is 36.8. The lowest BCUT2D eigenvalue weighted by molar-refractivity contribution is -0.151. The lowest BCUT2D eigenvalue weighted by Crippen LogP contribution is -2.30. The summed E-state index contributed by atoms with van der Waals surface area (Å²) in [7, 11) is 0. The fourth-order valence-corrected chi connectivity index (χ4v) is 1.96. The van der Waals surface area contributed by atoms with Gasteiger partial charge in [-0.2, -0.15) is 0 Å². The van der Waals surface area contributed by atoms with Crippen LogP contribution in [0.3, 0.4) is 0 Å². The highest BCUT2D eigenvalue weighted by Crippen LogP contribution is 2.11. The minimum atomic E-state index is -0.591. The van der Waals surface area contributed by atoms with E-state index in [1.165, 1.54) is 0 Å². The lowest BCUT2D eigenvalue weighted by Gasteiger charge is -2.18. The van der Waals surface area contributed by atoms with Gasteiger partial charge in [0.15, 0.2) is 6.61 Å². The van der Waals surface area contributed by atoms with Gasteiger partial charge in [0, 0.05) is 30.9 Å². The molecule has 0 unspecified atom stereocenters. The van der Waals surface area contributed by atoms with Crippen molar-refractivity contribution in [3.05, 3.63) is 29.8 Å². The molecule has 0 saturated carbocycles. The van der Waals surface area contributed by atoms with E-state index in [0.29, 0.717) is 30.9 Å². The predicted octanol–water partition coefficient (Wildman–Crippen LogP) is 1.69. The van der Waals surface area contributed by atoms with Crippen LogP contribution in [0.4, 0.5) is 5.69 Å². The van der Waals surface area contributed by atoms with Gasteiger partial charge >= 0.3 is 5.97 Å². The third kappa shape index (κ3) is 6.37. The molecule has 1 aromatic carbocycles. The quantitative estimate of drug-likeness (QED) is 0.694. The van der Waals surface area contributed by atoms with E-state index < -0.39 is 11.9 Å². The highest BCUT2D eigenvalue weighted by molar-refractivity contribution is 5.96. The minimum Gasteiger partial charge on any atom is -0.454 e. The van der Waals surface area contributed by atoms with E-state index in [-0.39, 0.29) is 19.1 Å². The van der Waals surface area contributed by atoms with E-state index in [1.807, 2.05) is 13.8 Å². The summed E-state index contributed by atoms with van der Waals surface area (Å²) in [6, 6.07) is 6.57. The first-order valence-corrected chi connectivity index (χ1v) is 7.94. The summed E-state index contributed by atoms with van der Waals surface area (Å²) in [5.74, 6) is -1.10. The number of hydrogen-bond acceptors (Lipinski definition) is 5. The van der Waals surface area contributed by atoms with Gasteiger partial charge in [-0.3, -0.25) is 9.59 Å². The molecule has 0 aliphatic rings. The maximum absolute atomic E-state index is 12.2. The molecule has 2 amide bonds. The van der Waals surface area contributed by atoms with E-state index in [0.717, 1.165) is 0 Å². The molecule has 132 valence electrons. The molecule has 1 N–H and O–H groups in total. The molecule has 0 heterocycles. The zero-order chi connectivity index (χ0) is 17.9. The summed E-state index contributed by atoms with van der Waals surface area (Å²) >= 11 is 0. The molecular weight excluding hydrogens is 312 g/mol. The van der Waals surface area contributed by atoms with Gasteiger partial charge in [0.25, 0.3) is 11.8 Å². The molecule has 0 spiro atoms. The van der Waals surface area contributed by atoms with Crippen molar-refractivity contribution < 1.29 is 23.9 Å². The third-order valence-corrected chi connectivity index (χ3v) is 3.25. The molecule has 7 nitrogen and oxygen atoms in total. The van der Waals surface area contributed by atoms with Crippen molar-refractivity contribution >= 4 is 23.5 Å². The average molecular weight is 336 g/mol. The molecule has 0 radical (unpaired) electrons. The van der Waals surface area contributed by atoms with Crippen LogP contribution in [-0.2, 0) is 19.1 Å². The van der Waals surface area contributed by atoms with Crippen molar-refractivity contribution in [1.29, 1.82) is 0 Å². The molecule has 0 fully saturated rings. The molecule has 24 heavy (non-hydrogen) atoms. The fraction of sp³-hybridized carbons (Fsp3) is 0.471. The predicted molar refractivity (Wildman–Crippen MR) is 89.8 cm³/mol. The number of carbonyl (C=O) groups excluding carboxylic acids is 3. The smallest absolute Gasteiger partial charge is 0.332 e. The molecule has 0 atom stereocenters. The Kier molecular flexibility index (Phi) is 8.49. The Hall–Kier alpha value is -2.41. The van der Waals surface area contributed by atoms with E-state index in [1.54, 1.807) is 36.1 Å². The lowest BCUT2D eigenvalue weighted by atomic mass is 10.2. The normalized spacial score (nSPS) is 10.1. The molecule has 0 bridgehead atoms. The summed E-state index contributed by atoms with van der Waals surface area (Å²) in [5.41, 5.74) is 1.08. The van der Waals surface area contributed by atoms with Crippen molar-refractivity contribution in [1.82, 2.24) is 4.90 Å². The number of ether oxygens (including phenoxy) is 2. The number of amides is 2. The van der Waals surface area contributed by atoms with E-state index in [9.17, 15) is 14.4 Å². The van der Waals surface area contributed by atoms with Gasteiger partial charge in [0.2, 0.25) is 0 Å². The number of nitrogens with one attached hydrogen (secondary N) is 1. The van der Waals surface area contributed by atoms with Gasteiger partial charge in [0.05, 0.1) is 0 Å². The number of carbonyl (C=O) groups is 3. The highest BCUT2D eigenvalue weighted by atomic mass is 16.6. The second kappa shape index (κ2) is 10.4. The number of anilines is 1. The van der Waals surface area contributed by atoms with Crippen LogP contribution in [0, 0.1) is 0 Å². The van der Waals surface area contributed by atoms with Crippen molar-refractivity contribution in [2.45, 2.75) is 20.8 Å². The van der Waals surface area contributed by atoms with E-state index in [4.69, 9.17) is 9.47 Å². The Morgan fingerprint density at radius 2 is 1.62 bits per heavy atom. The number of nitrogens with zero attached hydrogens (tertiary/aromatic N) is 1. The monoisotopic (exact) mass is 336 g/mol. The number of rotatable bonds is 9. The van der Waals surface area contributed by atoms with Gasteiger partial charge in [-0.05, 0) is 45.0 Å². The average Bonchev–Trinajstić information content (AvgIpc) is 2.59. The molecule has 0 saturated heterocycles. The first-order valence-electron chi connectivity index (χ1n) is 7.94. The van der Waals surface area contributed by atoms with Crippen LogP contribution in [0.5, 0.6) is 0 Å². The number of esters is 1. The Balaban J connectivity index is 2.50. The van der Waals surface area contributed by atoms with Crippen LogP contribution in [0.2, 0.25) is 0 Å².